The molecule has 0 aliphatic rings. The van der Waals surface area contributed by atoms with Crippen molar-refractivity contribution in [1.29, 1.82) is 0 Å². The summed E-state index contributed by atoms with van der Waals surface area (Å²) < 4.78 is -1.94. The highest BCUT2D eigenvalue weighted by Crippen LogP contribution is 2.32. The van der Waals surface area contributed by atoms with Crippen molar-refractivity contribution in [1.82, 2.24) is 4.90 Å². The van der Waals surface area contributed by atoms with Crippen molar-refractivity contribution in [2.75, 3.05) is 6.54 Å². The Hall–Kier alpha value is -0.700. The molecule has 0 bridgehead atoms. The number of hydrogen-bond donors (Lipinski definition) is 0. The summed E-state index contributed by atoms with van der Waals surface area (Å²) in [5, 5.41) is 0. The van der Waals surface area contributed by atoms with E-state index in [1.807, 2.05) is 37.3 Å². The van der Waals surface area contributed by atoms with E-state index in [2.05, 4.69) is 6.58 Å². The molecule has 1 aromatic carbocycles. The minimum atomic E-state index is -1.94. The van der Waals surface area contributed by atoms with Crippen molar-refractivity contribution in [2.24, 2.45) is 0 Å². The van der Waals surface area contributed by atoms with Crippen molar-refractivity contribution in [3.8, 4) is 0 Å². The van der Waals surface area contributed by atoms with Crippen LogP contribution >= 0.6 is 34.8 Å². The summed E-state index contributed by atoms with van der Waals surface area (Å²) in [5.41, 5.74) is 0.995. The maximum atomic E-state index is 12.2. The summed E-state index contributed by atoms with van der Waals surface area (Å²) >= 11 is 17.1. The van der Waals surface area contributed by atoms with E-state index in [0.717, 1.165) is 5.56 Å². The second-order valence-corrected chi connectivity index (χ2v) is 6.44. The highest BCUT2D eigenvalue weighted by atomic mass is 35.6. The van der Waals surface area contributed by atoms with Gasteiger partial charge in [0.1, 0.15) is 0 Å². The molecule has 19 heavy (non-hydrogen) atoms. The van der Waals surface area contributed by atoms with E-state index in [1.54, 1.807) is 11.0 Å². The third kappa shape index (κ3) is 4.72. The van der Waals surface area contributed by atoms with Gasteiger partial charge in [0.05, 0.1) is 6.04 Å². The second kappa shape index (κ2) is 7.18. The zero-order valence-corrected chi connectivity index (χ0v) is 12.9. The zero-order valence-electron chi connectivity index (χ0n) is 10.7. The second-order valence-electron chi connectivity index (χ2n) is 4.16. The molecule has 0 spiro atoms. The molecule has 5 heteroatoms. The Morgan fingerprint density at radius 1 is 1.37 bits per heavy atom. The van der Waals surface area contributed by atoms with Crippen molar-refractivity contribution < 1.29 is 4.79 Å². The van der Waals surface area contributed by atoms with E-state index in [9.17, 15) is 4.79 Å². The number of hydrogen-bond acceptors (Lipinski definition) is 1. The lowest BCUT2D eigenvalue weighted by atomic mass is 10.1. The number of carbonyl (C=O) groups excluding carboxylic acids is 1. The minimum Gasteiger partial charge on any atom is -0.332 e. The van der Waals surface area contributed by atoms with Crippen LogP contribution in [0.1, 0.15) is 24.9 Å². The maximum Gasteiger partial charge on any atom is 0.275 e. The van der Waals surface area contributed by atoms with Crippen LogP contribution in [0.25, 0.3) is 0 Å². The molecule has 0 saturated carbocycles. The molecule has 1 unspecified atom stereocenters. The van der Waals surface area contributed by atoms with Gasteiger partial charge >= 0.3 is 0 Å². The number of nitrogens with zero attached hydrogens (tertiary/aromatic N) is 1. The number of benzene rings is 1. The molecule has 1 rings (SSSR count). The van der Waals surface area contributed by atoms with Crippen LogP contribution in [-0.4, -0.2) is 21.1 Å². The normalized spacial score (nSPS) is 12.8. The molecule has 0 aliphatic carbocycles. The van der Waals surface area contributed by atoms with E-state index in [1.165, 1.54) is 0 Å². The number of alkyl halides is 3. The smallest absolute Gasteiger partial charge is 0.275 e. The quantitative estimate of drug-likeness (QED) is 0.577. The average molecular weight is 321 g/mol. The van der Waals surface area contributed by atoms with Gasteiger partial charge in [-0.15, -0.1) is 6.58 Å². The largest absolute Gasteiger partial charge is 0.332 e. The number of amides is 1. The van der Waals surface area contributed by atoms with Crippen LogP contribution in [0, 0.1) is 0 Å². The van der Waals surface area contributed by atoms with Crippen LogP contribution in [0.3, 0.4) is 0 Å². The molecule has 0 N–H and O–H groups in total. The van der Waals surface area contributed by atoms with Gasteiger partial charge in [0.15, 0.2) is 0 Å². The van der Waals surface area contributed by atoms with Crippen molar-refractivity contribution in [3.63, 3.8) is 0 Å². The molecule has 1 amide bonds. The number of rotatable bonds is 5. The van der Waals surface area contributed by atoms with Crippen molar-refractivity contribution >= 4 is 40.7 Å². The summed E-state index contributed by atoms with van der Waals surface area (Å²) in [6, 6.07) is 9.47. The molecule has 0 heterocycles. The van der Waals surface area contributed by atoms with E-state index in [0.29, 0.717) is 13.0 Å². The fraction of sp³-hybridized carbons (Fsp3) is 0.357. The van der Waals surface area contributed by atoms with Gasteiger partial charge in [-0.2, -0.15) is 0 Å². The third-order valence-corrected chi connectivity index (χ3v) is 3.31. The van der Waals surface area contributed by atoms with Gasteiger partial charge in [0.25, 0.3) is 9.70 Å². The summed E-state index contributed by atoms with van der Waals surface area (Å²) in [4.78, 5) is 13.7. The predicted octanol–water partition coefficient (Wildman–Crippen LogP) is 4.52. The van der Waals surface area contributed by atoms with Gasteiger partial charge in [-0.1, -0.05) is 71.2 Å². The Labute approximate surface area is 128 Å². The first-order valence-corrected chi connectivity index (χ1v) is 7.05. The van der Waals surface area contributed by atoms with Gasteiger partial charge in [-0.3, -0.25) is 4.79 Å². The first kappa shape index (κ1) is 16.4. The first-order valence-electron chi connectivity index (χ1n) is 5.91. The predicted molar refractivity (Wildman–Crippen MR) is 81.7 cm³/mol. The summed E-state index contributed by atoms with van der Waals surface area (Å²) in [6.07, 6.45) is 2.38. The van der Waals surface area contributed by atoms with E-state index < -0.39 is 9.70 Å². The SMILES string of the molecule is C=CCCN(C(=O)C(Cl)(Cl)Cl)C(C)c1ccccc1. The van der Waals surface area contributed by atoms with Gasteiger partial charge in [-0.25, -0.2) is 0 Å². The fourth-order valence-electron chi connectivity index (χ4n) is 1.78. The van der Waals surface area contributed by atoms with Crippen LogP contribution in [0.4, 0.5) is 0 Å². The zero-order chi connectivity index (χ0) is 14.5. The summed E-state index contributed by atoms with van der Waals surface area (Å²) in [7, 11) is 0. The van der Waals surface area contributed by atoms with Crippen LogP contribution in [0.5, 0.6) is 0 Å². The van der Waals surface area contributed by atoms with Crippen LogP contribution < -0.4 is 0 Å². The fourth-order valence-corrected chi connectivity index (χ4v) is 2.10. The third-order valence-electron chi connectivity index (χ3n) is 2.83. The molecule has 0 aromatic heterocycles. The molecule has 0 radical (unpaired) electrons. The van der Waals surface area contributed by atoms with Gasteiger partial charge in [0.2, 0.25) is 0 Å². The lowest BCUT2D eigenvalue weighted by Crippen LogP contribution is -2.41. The Bertz CT molecular complexity index is 428. The monoisotopic (exact) mass is 319 g/mol. The highest BCUT2D eigenvalue weighted by Gasteiger charge is 2.37. The van der Waals surface area contributed by atoms with Crippen LogP contribution in [0.15, 0.2) is 43.0 Å². The van der Waals surface area contributed by atoms with Gasteiger partial charge in [-0.05, 0) is 18.9 Å². The molecule has 1 aromatic rings. The maximum absolute atomic E-state index is 12.2. The van der Waals surface area contributed by atoms with Gasteiger partial charge < -0.3 is 4.90 Å². The van der Waals surface area contributed by atoms with Crippen LogP contribution in [-0.2, 0) is 4.79 Å². The Balaban J connectivity index is 2.97. The Kier molecular flexibility index (Phi) is 6.18. The van der Waals surface area contributed by atoms with E-state index in [-0.39, 0.29) is 6.04 Å². The van der Waals surface area contributed by atoms with Crippen LogP contribution in [0.2, 0.25) is 0 Å². The Morgan fingerprint density at radius 3 is 2.42 bits per heavy atom. The van der Waals surface area contributed by atoms with Gasteiger partial charge in [0, 0.05) is 6.54 Å². The number of halogens is 3. The first-order chi connectivity index (χ1) is 8.88. The Morgan fingerprint density at radius 2 is 1.95 bits per heavy atom. The topological polar surface area (TPSA) is 20.3 Å². The molecule has 0 fully saturated rings. The van der Waals surface area contributed by atoms with E-state index >= 15 is 0 Å². The average Bonchev–Trinajstić information content (AvgIpc) is 2.38. The summed E-state index contributed by atoms with van der Waals surface area (Å²) in [5.74, 6) is -0.518. The molecule has 0 saturated heterocycles. The molecular weight excluding hydrogens is 305 g/mol. The molecular formula is C14H16Cl3NO. The van der Waals surface area contributed by atoms with Crippen molar-refractivity contribution in [2.45, 2.75) is 23.2 Å². The molecule has 2 nitrogen and oxygen atoms in total. The summed E-state index contributed by atoms with van der Waals surface area (Å²) in [6.45, 7) is 6.02. The molecule has 1 atom stereocenters. The number of carbonyl (C=O) groups is 1. The minimum absolute atomic E-state index is 0.163. The lowest BCUT2D eigenvalue weighted by Gasteiger charge is -2.31. The van der Waals surface area contributed by atoms with E-state index in [4.69, 9.17) is 34.8 Å². The molecule has 104 valence electrons. The standard InChI is InChI=1S/C14H16Cl3NO/c1-3-4-10-18(13(19)14(15,16)17)11(2)12-8-6-5-7-9-12/h3,5-9,11H,1,4,10H2,2H3. The highest BCUT2D eigenvalue weighted by molar-refractivity contribution is 6.76. The lowest BCUT2D eigenvalue weighted by molar-refractivity contribution is -0.132. The molecule has 0 aliphatic heterocycles. The van der Waals surface area contributed by atoms with Crippen molar-refractivity contribution in [3.05, 3.63) is 48.6 Å².